The van der Waals surface area contributed by atoms with Gasteiger partial charge in [0.1, 0.15) is 17.0 Å². The summed E-state index contributed by atoms with van der Waals surface area (Å²) in [5.41, 5.74) is 3.14. The molecule has 1 amide bonds. The molecule has 1 atom stereocenters. The molecule has 158 valence electrons. The number of benzene rings is 1. The van der Waals surface area contributed by atoms with E-state index in [0.29, 0.717) is 12.5 Å². The zero-order valence-electron chi connectivity index (χ0n) is 16.9. The van der Waals surface area contributed by atoms with Crippen LogP contribution in [0.4, 0.5) is 17.2 Å². The van der Waals surface area contributed by atoms with E-state index in [9.17, 15) is 4.79 Å². The van der Waals surface area contributed by atoms with Crippen molar-refractivity contribution in [2.45, 2.75) is 36.1 Å². The molecule has 0 saturated carbocycles. The minimum atomic E-state index is -0.803. The molecule has 1 aromatic heterocycles. The number of nitrogens with zero attached hydrogens (tertiary/aromatic N) is 3. The highest BCUT2D eigenvalue weighted by molar-refractivity contribution is 8.02. The lowest BCUT2D eigenvalue weighted by molar-refractivity contribution is -0.122. The minimum Gasteiger partial charge on any atom is -0.358 e. The molecular formula is C21H25ClN6OS. The van der Waals surface area contributed by atoms with Gasteiger partial charge in [-0.3, -0.25) is 4.79 Å². The molecule has 0 radical (unpaired) electrons. The molecule has 4 heterocycles. The summed E-state index contributed by atoms with van der Waals surface area (Å²) >= 11 is 7.62. The van der Waals surface area contributed by atoms with Gasteiger partial charge in [-0.25, -0.2) is 9.97 Å². The van der Waals surface area contributed by atoms with Crippen molar-refractivity contribution in [3.05, 3.63) is 35.1 Å². The largest absolute Gasteiger partial charge is 0.358 e. The van der Waals surface area contributed by atoms with Gasteiger partial charge >= 0.3 is 0 Å². The number of thioether (sulfide) groups is 1. The molecule has 1 unspecified atom stereocenters. The number of amides is 1. The molecule has 7 nitrogen and oxygen atoms in total. The number of anilines is 3. The number of hydrogen-bond donors (Lipinski definition) is 3. The van der Waals surface area contributed by atoms with Gasteiger partial charge in [0.2, 0.25) is 0 Å². The maximum absolute atomic E-state index is 13.1. The summed E-state index contributed by atoms with van der Waals surface area (Å²) < 4.78 is 0. The number of aromatic nitrogens is 2. The second-order valence-electron chi connectivity index (χ2n) is 8.22. The maximum Gasteiger partial charge on any atom is 0.256 e. The first-order valence-electron chi connectivity index (χ1n) is 10.4. The van der Waals surface area contributed by atoms with E-state index in [0.717, 1.165) is 66.1 Å². The highest BCUT2D eigenvalue weighted by atomic mass is 35.5. The number of carbonyl (C=O) groups is 1. The second-order valence-corrected chi connectivity index (χ2v) is 10.1. The zero-order valence-corrected chi connectivity index (χ0v) is 18.4. The Bertz CT molecular complexity index is 982. The lowest BCUT2D eigenvalue weighted by atomic mass is 9.98. The Balaban J connectivity index is 1.34. The van der Waals surface area contributed by atoms with Crippen LogP contribution in [0.1, 0.15) is 25.3 Å². The quantitative estimate of drug-likeness (QED) is 0.625. The van der Waals surface area contributed by atoms with Gasteiger partial charge in [-0.1, -0.05) is 23.4 Å². The minimum absolute atomic E-state index is 0.0106. The van der Waals surface area contributed by atoms with E-state index in [1.807, 2.05) is 25.1 Å². The zero-order chi connectivity index (χ0) is 20.7. The van der Waals surface area contributed by atoms with E-state index in [4.69, 9.17) is 11.6 Å². The molecule has 1 saturated heterocycles. The van der Waals surface area contributed by atoms with Crippen molar-refractivity contribution >= 4 is 46.5 Å². The third-order valence-corrected chi connectivity index (χ3v) is 7.53. The van der Waals surface area contributed by atoms with Gasteiger partial charge in [-0.2, -0.15) is 0 Å². The number of piperidine rings is 1. The average molecular weight is 445 g/mol. The van der Waals surface area contributed by atoms with Gasteiger partial charge in [-0.15, -0.1) is 0 Å². The first-order valence-corrected chi connectivity index (χ1v) is 11.6. The Labute approximate surface area is 185 Å². The summed E-state index contributed by atoms with van der Waals surface area (Å²) in [6.07, 6.45) is 4.70. The van der Waals surface area contributed by atoms with Crippen LogP contribution in [-0.2, 0) is 11.2 Å². The third kappa shape index (κ3) is 3.61. The molecule has 0 bridgehead atoms. The van der Waals surface area contributed by atoms with Crippen LogP contribution in [0.3, 0.4) is 0 Å². The van der Waals surface area contributed by atoms with Crippen molar-refractivity contribution < 1.29 is 4.79 Å². The van der Waals surface area contributed by atoms with Crippen molar-refractivity contribution in [3.8, 4) is 0 Å². The standard InChI is InChI=1S/C21H25ClN6OS/c1-21(20(29)24-11-13-4-7-23-8-5-13)27-17-18(25-12-26-19(17)30-21)28-9-6-14-10-15(22)2-3-16(14)28/h2-3,10,12-13,23,27H,4-9,11H2,1H3,(H,24,29). The van der Waals surface area contributed by atoms with Gasteiger partial charge in [0.15, 0.2) is 10.7 Å². The molecule has 3 aliphatic heterocycles. The van der Waals surface area contributed by atoms with Crippen molar-refractivity contribution in [2.75, 3.05) is 36.4 Å². The van der Waals surface area contributed by atoms with Crippen LogP contribution >= 0.6 is 23.4 Å². The fourth-order valence-corrected chi connectivity index (χ4v) is 5.64. The molecule has 0 aliphatic carbocycles. The van der Waals surface area contributed by atoms with Crippen LogP contribution in [0.5, 0.6) is 0 Å². The first kappa shape index (κ1) is 19.9. The number of carbonyl (C=O) groups excluding carboxylic acids is 1. The molecule has 1 fully saturated rings. The summed E-state index contributed by atoms with van der Waals surface area (Å²) in [6.45, 7) is 5.51. The predicted molar refractivity (Wildman–Crippen MR) is 121 cm³/mol. The Hall–Kier alpha value is -2.03. The Morgan fingerprint density at radius 3 is 3.03 bits per heavy atom. The molecule has 1 aromatic carbocycles. The third-order valence-electron chi connectivity index (χ3n) is 6.09. The number of rotatable bonds is 4. The number of fused-ring (bicyclic) bond motifs is 2. The smallest absolute Gasteiger partial charge is 0.256 e. The van der Waals surface area contributed by atoms with Gasteiger partial charge in [-0.05, 0) is 69.0 Å². The van der Waals surface area contributed by atoms with Gasteiger partial charge in [0, 0.05) is 23.8 Å². The van der Waals surface area contributed by atoms with Crippen molar-refractivity contribution in [1.29, 1.82) is 0 Å². The highest BCUT2D eigenvalue weighted by Crippen LogP contribution is 2.49. The Morgan fingerprint density at radius 1 is 1.37 bits per heavy atom. The fraction of sp³-hybridized carbons (Fsp3) is 0.476. The normalized spacial score (nSPS) is 23.1. The summed E-state index contributed by atoms with van der Waals surface area (Å²) in [4.78, 5) is 23.4. The lowest BCUT2D eigenvalue weighted by Gasteiger charge is -2.27. The van der Waals surface area contributed by atoms with E-state index >= 15 is 0 Å². The van der Waals surface area contributed by atoms with Crippen molar-refractivity contribution in [1.82, 2.24) is 20.6 Å². The molecule has 30 heavy (non-hydrogen) atoms. The van der Waals surface area contributed by atoms with E-state index < -0.39 is 4.87 Å². The Kier molecular flexibility index (Phi) is 5.24. The highest BCUT2D eigenvalue weighted by Gasteiger charge is 2.43. The molecule has 2 aromatic rings. The van der Waals surface area contributed by atoms with E-state index in [-0.39, 0.29) is 5.91 Å². The van der Waals surface area contributed by atoms with Crippen molar-refractivity contribution in [3.63, 3.8) is 0 Å². The SMILES string of the molecule is CC1(C(=O)NCC2CCNCC2)Nc2c(ncnc2N2CCc3cc(Cl)ccc32)S1. The molecule has 5 rings (SSSR count). The summed E-state index contributed by atoms with van der Waals surface area (Å²) in [7, 11) is 0. The van der Waals surface area contributed by atoms with Gasteiger partial charge < -0.3 is 20.9 Å². The second kappa shape index (κ2) is 7.90. The topological polar surface area (TPSA) is 82.2 Å². The van der Waals surface area contributed by atoms with Crippen LogP contribution in [0, 0.1) is 5.92 Å². The fourth-order valence-electron chi connectivity index (χ4n) is 4.39. The predicted octanol–water partition coefficient (Wildman–Crippen LogP) is 3.17. The average Bonchev–Trinajstić information content (AvgIpc) is 3.33. The van der Waals surface area contributed by atoms with E-state index in [1.165, 1.54) is 17.3 Å². The van der Waals surface area contributed by atoms with Gasteiger partial charge in [0.05, 0.1) is 0 Å². The first-order chi connectivity index (χ1) is 14.5. The monoisotopic (exact) mass is 444 g/mol. The van der Waals surface area contributed by atoms with Crippen LogP contribution in [0.2, 0.25) is 5.02 Å². The Morgan fingerprint density at radius 2 is 2.20 bits per heavy atom. The lowest BCUT2D eigenvalue weighted by Crippen LogP contribution is -2.48. The number of nitrogens with one attached hydrogen (secondary N) is 3. The number of halogens is 1. The number of hydrogen-bond acceptors (Lipinski definition) is 7. The summed E-state index contributed by atoms with van der Waals surface area (Å²) in [5.74, 6) is 1.34. The van der Waals surface area contributed by atoms with E-state index in [1.54, 1.807) is 6.33 Å². The van der Waals surface area contributed by atoms with Crippen LogP contribution in [0.15, 0.2) is 29.6 Å². The summed E-state index contributed by atoms with van der Waals surface area (Å²) in [6, 6.07) is 5.95. The molecule has 9 heteroatoms. The molecule has 3 aliphatic rings. The summed E-state index contributed by atoms with van der Waals surface area (Å²) in [5, 5.41) is 11.5. The van der Waals surface area contributed by atoms with Crippen LogP contribution in [0.25, 0.3) is 0 Å². The van der Waals surface area contributed by atoms with Crippen molar-refractivity contribution in [2.24, 2.45) is 5.92 Å². The molecule has 0 spiro atoms. The maximum atomic E-state index is 13.1. The van der Waals surface area contributed by atoms with Crippen LogP contribution in [-0.4, -0.2) is 46.9 Å². The van der Waals surface area contributed by atoms with Gasteiger partial charge in [0.25, 0.3) is 5.91 Å². The molecular weight excluding hydrogens is 420 g/mol. The molecule has 3 N–H and O–H groups in total. The van der Waals surface area contributed by atoms with Crippen LogP contribution < -0.4 is 20.9 Å². The van der Waals surface area contributed by atoms with E-state index in [2.05, 4.69) is 30.8 Å².